The van der Waals surface area contributed by atoms with E-state index in [9.17, 15) is 4.79 Å². The normalized spacial score (nSPS) is 9.67. The van der Waals surface area contributed by atoms with Crippen LogP contribution in [0.4, 0.5) is 0 Å². The average molecular weight is 268 g/mol. The zero-order valence-corrected chi connectivity index (χ0v) is 10.1. The smallest absolute Gasteiger partial charge is 0.233 e. The first-order valence-corrected chi connectivity index (χ1v) is 5.88. The van der Waals surface area contributed by atoms with Crippen molar-refractivity contribution in [1.82, 2.24) is 4.90 Å². The molecule has 0 aliphatic rings. The Balaban J connectivity index is 2.66. The molecular weight excluding hydrogens is 254 g/mol. The van der Waals surface area contributed by atoms with E-state index in [1.165, 1.54) is 0 Å². The molecule has 0 unspecified atom stereocenters. The van der Waals surface area contributed by atoms with Crippen molar-refractivity contribution in [2.45, 2.75) is 6.54 Å². The van der Waals surface area contributed by atoms with Gasteiger partial charge in [-0.15, -0.1) is 6.58 Å². The molecule has 0 aliphatic carbocycles. The van der Waals surface area contributed by atoms with Crippen molar-refractivity contribution in [2.75, 3.05) is 11.9 Å². The molecular formula is C12H14BrNO. The summed E-state index contributed by atoms with van der Waals surface area (Å²) < 4.78 is 0. The Morgan fingerprint density at radius 2 is 2.07 bits per heavy atom. The summed E-state index contributed by atoms with van der Waals surface area (Å²) in [6.07, 6.45) is 1.74. The van der Waals surface area contributed by atoms with E-state index >= 15 is 0 Å². The first kappa shape index (κ1) is 12.0. The lowest BCUT2D eigenvalue weighted by molar-refractivity contribution is -0.128. The van der Waals surface area contributed by atoms with Gasteiger partial charge in [0.05, 0.1) is 5.33 Å². The summed E-state index contributed by atoms with van der Waals surface area (Å²) in [7, 11) is 0. The molecule has 0 saturated carbocycles. The molecule has 15 heavy (non-hydrogen) atoms. The lowest BCUT2D eigenvalue weighted by atomic mass is 10.2. The number of carbonyl (C=O) groups is 1. The lowest BCUT2D eigenvalue weighted by Gasteiger charge is -2.20. The monoisotopic (exact) mass is 267 g/mol. The number of carbonyl (C=O) groups excluding carboxylic acids is 1. The molecule has 0 bridgehead atoms. The number of hydrogen-bond acceptors (Lipinski definition) is 1. The van der Waals surface area contributed by atoms with Gasteiger partial charge in [0, 0.05) is 13.1 Å². The fourth-order valence-electron chi connectivity index (χ4n) is 1.30. The standard InChI is InChI=1S/C12H14BrNO/c1-2-8-14(12(15)9-13)10-11-6-4-3-5-7-11/h2-7H,1,8-10H2. The highest BCUT2D eigenvalue weighted by Crippen LogP contribution is 2.05. The van der Waals surface area contributed by atoms with E-state index < -0.39 is 0 Å². The molecule has 0 N–H and O–H groups in total. The Bertz CT molecular complexity index is 324. The Labute approximate surface area is 98.7 Å². The molecule has 0 fully saturated rings. The minimum Gasteiger partial charge on any atom is -0.334 e. The number of amides is 1. The third-order valence-electron chi connectivity index (χ3n) is 2.03. The molecule has 0 aliphatic heterocycles. The quantitative estimate of drug-likeness (QED) is 0.593. The molecule has 1 amide bonds. The van der Waals surface area contributed by atoms with Crippen molar-refractivity contribution < 1.29 is 4.79 Å². The van der Waals surface area contributed by atoms with Crippen LogP contribution < -0.4 is 0 Å². The van der Waals surface area contributed by atoms with Crippen LogP contribution in [0.15, 0.2) is 43.0 Å². The Kier molecular flexibility index (Phi) is 5.12. The van der Waals surface area contributed by atoms with Crippen LogP contribution in [0.5, 0.6) is 0 Å². The molecule has 0 radical (unpaired) electrons. The van der Waals surface area contributed by atoms with Crippen LogP contribution in [0.1, 0.15) is 5.56 Å². The van der Waals surface area contributed by atoms with Gasteiger partial charge in [0.2, 0.25) is 5.91 Å². The molecule has 0 saturated heterocycles. The van der Waals surface area contributed by atoms with Crippen molar-refractivity contribution in [3.63, 3.8) is 0 Å². The van der Waals surface area contributed by atoms with Gasteiger partial charge in [-0.05, 0) is 5.56 Å². The van der Waals surface area contributed by atoms with Crippen molar-refractivity contribution >= 4 is 21.8 Å². The minimum atomic E-state index is 0.0822. The first-order chi connectivity index (χ1) is 7.27. The Morgan fingerprint density at radius 3 is 2.60 bits per heavy atom. The maximum Gasteiger partial charge on any atom is 0.233 e. The largest absolute Gasteiger partial charge is 0.334 e. The van der Waals surface area contributed by atoms with Crippen LogP contribution in [0.3, 0.4) is 0 Å². The second-order valence-corrected chi connectivity index (χ2v) is 3.74. The molecule has 3 heteroatoms. The maximum absolute atomic E-state index is 11.5. The predicted octanol–water partition coefficient (Wildman–Crippen LogP) is 2.60. The predicted molar refractivity (Wildman–Crippen MR) is 65.9 cm³/mol. The number of halogens is 1. The van der Waals surface area contributed by atoms with Crippen molar-refractivity contribution in [2.24, 2.45) is 0 Å². The number of alkyl halides is 1. The molecule has 0 heterocycles. The average Bonchev–Trinajstić information content (AvgIpc) is 2.29. The molecule has 0 aromatic heterocycles. The fourth-order valence-corrected chi connectivity index (χ4v) is 1.65. The van der Waals surface area contributed by atoms with E-state index in [2.05, 4.69) is 22.5 Å². The number of nitrogens with zero attached hydrogens (tertiary/aromatic N) is 1. The fraction of sp³-hybridized carbons (Fsp3) is 0.250. The SMILES string of the molecule is C=CCN(Cc1ccccc1)C(=O)CBr. The summed E-state index contributed by atoms with van der Waals surface area (Å²) in [4.78, 5) is 13.3. The highest BCUT2D eigenvalue weighted by Gasteiger charge is 2.10. The van der Waals surface area contributed by atoms with Crippen molar-refractivity contribution in [1.29, 1.82) is 0 Å². The van der Waals surface area contributed by atoms with Gasteiger partial charge in [-0.2, -0.15) is 0 Å². The van der Waals surface area contributed by atoms with E-state index in [0.717, 1.165) is 5.56 Å². The zero-order valence-electron chi connectivity index (χ0n) is 8.53. The molecule has 1 rings (SSSR count). The highest BCUT2D eigenvalue weighted by molar-refractivity contribution is 9.09. The van der Waals surface area contributed by atoms with Gasteiger partial charge >= 0.3 is 0 Å². The van der Waals surface area contributed by atoms with Crippen LogP contribution in [0, 0.1) is 0 Å². The Morgan fingerprint density at radius 1 is 1.40 bits per heavy atom. The van der Waals surface area contributed by atoms with E-state index in [1.807, 2.05) is 30.3 Å². The van der Waals surface area contributed by atoms with Gasteiger partial charge in [-0.3, -0.25) is 4.79 Å². The number of benzene rings is 1. The highest BCUT2D eigenvalue weighted by atomic mass is 79.9. The summed E-state index contributed by atoms with van der Waals surface area (Å²) >= 11 is 3.17. The molecule has 0 spiro atoms. The van der Waals surface area contributed by atoms with Crippen LogP contribution in [0.2, 0.25) is 0 Å². The van der Waals surface area contributed by atoms with E-state index in [0.29, 0.717) is 18.4 Å². The summed E-state index contributed by atoms with van der Waals surface area (Å²) in [6.45, 7) is 4.87. The summed E-state index contributed by atoms with van der Waals surface area (Å²) in [5, 5.41) is 0.355. The van der Waals surface area contributed by atoms with E-state index in [1.54, 1.807) is 11.0 Å². The maximum atomic E-state index is 11.5. The molecule has 2 nitrogen and oxygen atoms in total. The second-order valence-electron chi connectivity index (χ2n) is 3.18. The molecule has 1 aromatic rings. The Hall–Kier alpha value is -1.09. The topological polar surface area (TPSA) is 20.3 Å². The van der Waals surface area contributed by atoms with Crippen molar-refractivity contribution in [3.8, 4) is 0 Å². The van der Waals surface area contributed by atoms with Gasteiger partial charge in [0.1, 0.15) is 0 Å². The number of rotatable bonds is 5. The van der Waals surface area contributed by atoms with Crippen LogP contribution in [-0.4, -0.2) is 22.7 Å². The third kappa shape index (κ3) is 3.88. The lowest BCUT2D eigenvalue weighted by Crippen LogP contribution is -2.31. The molecule has 1 aromatic carbocycles. The molecule has 0 atom stereocenters. The summed E-state index contributed by atoms with van der Waals surface area (Å²) in [5.41, 5.74) is 1.13. The van der Waals surface area contributed by atoms with Gasteiger partial charge < -0.3 is 4.90 Å². The van der Waals surface area contributed by atoms with Crippen LogP contribution >= 0.6 is 15.9 Å². The summed E-state index contributed by atoms with van der Waals surface area (Å²) in [6, 6.07) is 9.93. The van der Waals surface area contributed by atoms with Gasteiger partial charge in [0.25, 0.3) is 0 Å². The zero-order chi connectivity index (χ0) is 11.1. The van der Waals surface area contributed by atoms with Gasteiger partial charge in [0.15, 0.2) is 0 Å². The third-order valence-corrected chi connectivity index (χ3v) is 2.51. The number of hydrogen-bond donors (Lipinski definition) is 0. The summed E-state index contributed by atoms with van der Waals surface area (Å²) in [5.74, 6) is 0.0822. The minimum absolute atomic E-state index is 0.0822. The first-order valence-electron chi connectivity index (χ1n) is 4.76. The van der Waals surface area contributed by atoms with E-state index in [4.69, 9.17) is 0 Å². The van der Waals surface area contributed by atoms with Gasteiger partial charge in [-0.1, -0.05) is 52.3 Å². The van der Waals surface area contributed by atoms with Crippen LogP contribution in [-0.2, 0) is 11.3 Å². The second kappa shape index (κ2) is 6.40. The van der Waals surface area contributed by atoms with E-state index in [-0.39, 0.29) is 5.91 Å². The van der Waals surface area contributed by atoms with Gasteiger partial charge in [-0.25, -0.2) is 0 Å². The molecule has 80 valence electrons. The van der Waals surface area contributed by atoms with Crippen molar-refractivity contribution in [3.05, 3.63) is 48.6 Å². The van der Waals surface area contributed by atoms with Crippen LogP contribution in [0.25, 0.3) is 0 Å².